The Morgan fingerprint density at radius 3 is 2.70 bits per heavy atom. The lowest BCUT2D eigenvalue weighted by Gasteiger charge is -2.29. The molecule has 4 heteroatoms. The first kappa shape index (κ1) is 13.3. The number of hydrogen-bond acceptors (Lipinski definition) is 3. The molecule has 106 valence electrons. The number of likely N-dealkylation sites (tertiary alicyclic amines) is 1. The molecule has 0 radical (unpaired) electrons. The minimum atomic E-state index is 0.514. The minimum absolute atomic E-state index is 0.514. The second-order valence-electron chi connectivity index (χ2n) is 5.98. The molecule has 3 rings (SSSR count). The summed E-state index contributed by atoms with van der Waals surface area (Å²) in [5.41, 5.74) is 2.92. The Hall–Kier alpha value is -1.68. The largest absolute Gasteiger partial charge is 0.345 e. The molecule has 2 aromatic rings. The Kier molecular flexibility index (Phi) is 3.57. The zero-order chi connectivity index (χ0) is 14.1. The molecule has 0 N–H and O–H groups in total. The number of fused-ring (bicyclic) bond motifs is 1. The van der Waals surface area contributed by atoms with Crippen LogP contribution in [0.3, 0.4) is 0 Å². The van der Waals surface area contributed by atoms with Gasteiger partial charge in [0, 0.05) is 17.6 Å². The van der Waals surface area contributed by atoms with Crippen LogP contribution in [-0.2, 0) is 6.54 Å². The van der Waals surface area contributed by atoms with Crippen LogP contribution in [0, 0.1) is 17.7 Å². The quantitative estimate of drug-likeness (QED) is 0.798. The summed E-state index contributed by atoms with van der Waals surface area (Å²) in [6.07, 6.45) is 2.50. The van der Waals surface area contributed by atoms with Crippen molar-refractivity contribution in [1.82, 2.24) is 9.47 Å². The van der Waals surface area contributed by atoms with Gasteiger partial charge in [-0.25, -0.2) is 0 Å². The Morgan fingerprint density at radius 2 is 2.00 bits per heavy atom. The summed E-state index contributed by atoms with van der Waals surface area (Å²) in [4.78, 5) is 13.1. The molecule has 0 atom stereocenters. The number of aryl methyl sites for hydroxylation is 1. The van der Waals surface area contributed by atoms with Gasteiger partial charge < -0.3 is 9.47 Å². The highest BCUT2D eigenvalue weighted by Gasteiger charge is 2.18. The fourth-order valence-corrected chi connectivity index (χ4v) is 3.18. The third kappa shape index (κ3) is 2.48. The number of hydrogen-bond donors (Lipinski definition) is 0. The summed E-state index contributed by atoms with van der Waals surface area (Å²) in [6.45, 7) is 5.56. The van der Waals surface area contributed by atoms with Gasteiger partial charge in [0.15, 0.2) is 0 Å². The SMILES string of the molecule is Cc1cc2ccc(N=O)cc2n1CC1CCN(C)CC1. The van der Waals surface area contributed by atoms with Crippen molar-refractivity contribution in [3.05, 3.63) is 34.9 Å². The van der Waals surface area contributed by atoms with Crippen LogP contribution in [0.25, 0.3) is 10.9 Å². The molecule has 0 bridgehead atoms. The average Bonchev–Trinajstić information content (AvgIpc) is 2.77. The van der Waals surface area contributed by atoms with Gasteiger partial charge >= 0.3 is 0 Å². The van der Waals surface area contributed by atoms with E-state index in [1.165, 1.54) is 37.0 Å². The Balaban J connectivity index is 1.90. The van der Waals surface area contributed by atoms with Gasteiger partial charge in [-0.05, 0) is 69.2 Å². The van der Waals surface area contributed by atoms with Gasteiger partial charge in [0.25, 0.3) is 0 Å². The highest BCUT2D eigenvalue weighted by molar-refractivity contribution is 5.84. The molecule has 0 aliphatic carbocycles. The van der Waals surface area contributed by atoms with Gasteiger partial charge in [0.05, 0.1) is 5.52 Å². The molecule has 1 aliphatic heterocycles. The molecule has 1 saturated heterocycles. The fraction of sp³-hybridized carbons (Fsp3) is 0.500. The molecule has 2 heterocycles. The average molecular weight is 271 g/mol. The Morgan fingerprint density at radius 1 is 1.25 bits per heavy atom. The van der Waals surface area contributed by atoms with Crippen molar-refractivity contribution in [2.24, 2.45) is 11.1 Å². The van der Waals surface area contributed by atoms with Crippen molar-refractivity contribution in [2.75, 3.05) is 20.1 Å². The van der Waals surface area contributed by atoms with Crippen molar-refractivity contribution in [3.8, 4) is 0 Å². The van der Waals surface area contributed by atoms with Crippen molar-refractivity contribution in [1.29, 1.82) is 0 Å². The van der Waals surface area contributed by atoms with E-state index in [2.05, 4.69) is 34.7 Å². The number of aromatic nitrogens is 1. The van der Waals surface area contributed by atoms with Crippen LogP contribution < -0.4 is 0 Å². The van der Waals surface area contributed by atoms with Gasteiger partial charge in [-0.3, -0.25) is 0 Å². The highest BCUT2D eigenvalue weighted by atomic mass is 16.3. The molecule has 1 aromatic carbocycles. The minimum Gasteiger partial charge on any atom is -0.345 e. The first-order valence-corrected chi connectivity index (χ1v) is 7.29. The van der Waals surface area contributed by atoms with Gasteiger partial charge in [0.1, 0.15) is 5.69 Å². The van der Waals surface area contributed by atoms with E-state index in [4.69, 9.17) is 0 Å². The van der Waals surface area contributed by atoms with Gasteiger partial charge in [0.2, 0.25) is 0 Å². The first-order chi connectivity index (χ1) is 9.67. The number of nitroso groups, excluding NO2 is 1. The molecule has 0 spiro atoms. The lowest BCUT2D eigenvalue weighted by atomic mass is 9.97. The zero-order valence-corrected chi connectivity index (χ0v) is 12.2. The molecule has 1 aromatic heterocycles. The van der Waals surface area contributed by atoms with Crippen LogP contribution in [-0.4, -0.2) is 29.6 Å². The van der Waals surface area contributed by atoms with E-state index in [1.54, 1.807) is 6.07 Å². The topological polar surface area (TPSA) is 37.6 Å². The standard InChI is InChI=1S/C16H21N3O/c1-12-9-14-3-4-15(17-20)10-16(14)19(12)11-13-5-7-18(2)8-6-13/h3-4,9-10,13H,5-8,11H2,1-2H3. The number of rotatable bonds is 3. The molecule has 1 aliphatic rings. The van der Waals surface area contributed by atoms with E-state index in [0.29, 0.717) is 5.69 Å². The third-order valence-electron chi connectivity index (χ3n) is 4.48. The van der Waals surface area contributed by atoms with Crippen molar-refractivity contribution in [3.63, 3.8) is 0 Å². The maximum absolute atomic E-state index is 10.7. The lowest BCUT2D eigenvalue weighted by molar-refractivity contribution is 0.206. The number of nitrogens with zero attached hydrogens (tertiary/aromatic N) is 3. The second-order valence-corrected chi connectivity index (χ2v) is 5.98. The Bertz CT molecular complexity index is 624. The Labute approximate surface area is 119 Å². The molecule has 20 heavy (non-hydrogen) atoms. The smallest absolute Gasteiger partial charge is 0.110 e. The molecule has 0 saturated carbocycles. The summed E-state index contributed by atoms with van der Waals surface area (Å²) >= 11 is 0. The van der Waals surface area contributed by atoms with Crippen molar-refractivity contribution < 1.29 is 0 Å². The molecule has 1 fully saturated rings. The summed E-state index contributed by atoms with van der Waals surface area (Å²) in [7, 11) is 2.19. The third-order valence-corrected chi connectivity index (χ3v) is 4.48. The summed E-state index contributed by atoms with van der Waals surface area (Å²) in [5.74, 6) is 0.730. The normalized spacial score (nSPS) is 17.7. The monoisotopic (exact) mass is 271 g/mol. The van der Waals surface area contributed by atoms with Crippen LogP contribution in [0.4, 0.5) is 5.69 Å². The van der Waals surface area contributed by atoms with Crippen molar-refractivity contribution in [2.45, 2.75) is 26.3 Å². The van der Waals surface area contributed by atoms with Crippen LogP contribution in [0.2, 0.25) is 0 Å². The maximum atomic E-state index is 10.7. The summed E-state index contributed by atoms with van der Waals surface area (Å²) in [6, 6.07) is 7.88. The fourth-order valence-electron chi connectivity index (χ4n) is 3.18. The van der Waals surface area contributed by atoms with Crippen LogP contribution in [0.1, 0.15) is 18.5 Å². The van der Waals surface area contributed by atoms with E-state index >= 15 is 0 Å². The first-order valence-electron chi connectivity index (χ1n) is 7.29. The van der Waals surface area contributed by atoms with Gasteiger partial charge in [-0.1, -0.05) is 6.07 Å². The molecule has 0 amide bonds. The molecule has 4 nitrogen and oxygen atoms in total. The number of benzene rings is 1. The predicted molar refractivity (Wildman–Crippen MR) is 82.4 cm³/mol. The van der Waals surface area contributed by atoms with E-state index in [-0.39, 0.29) is 0 Å². The van der Waals surface area contributed by atoms with Crippen LogP contribution in [0.5, 0.6) is 0 Å². The van der Waals surface area contributed by atoms with Gasteiger partial charge in [-0.2, -0.15) is 0 Å². The molecule has 0 unspecified atom stereocenters. The van der Waals surface area contributed by atoms with Crippen molar-refractivity contribution >= 4 is 16.6 Å². The maximum Gasteiger partial charge on any atom is 0.110 e. The number of piperidine rings is 1. The second kappa shape index (κ2) is 5.37. The lowest BCUT2D eigenvalue weighted by Crippen LogP contribution is -2.32. The van der Waals surface area contributed by atoms with E-state index in [9.17, 15) is 4.91 Å². The summed E-state index contributed by atoms with van der Waals surface area (Å²) < 4.78 is 2.35. The zero-order valence-electron chi connectivity index (χ0n) is 12.2. The molecular weight excluding hydrogens is 250 g/mol. The summed E-state index contributed by atoms with van der Waals surface area (Å²) in [5, 5.41) is 4.25. The van der Waals surface area contributed by atoms with E-state index in [1.807, 2.05) is 12.1 Å². The van der Waals surface area contributed by atoms with Gasteiger partial charge in [-0.15, -0.1) is 4.91 Å². The van der Waals surface area contributed by atoms with E-state index < -0.39 is 0 Å². The molecular formula is C16H21N3O. The predicted octanol–water partition coefficient (Wildman–Crippen LogP) is 3.69. The van der Waals surface area contributed by atoms with Crippen LogP contribution >= 0.6 is 0 Å². The highest BCUT2D eigenvalue weighted by Crippen LogP contribution is 2.27. The van der Waals surface area contributed by atoms with E-state index in [0.717, 1.165) is 18.0 Å². The van der Waals surface area contributed by atoms with Crippen LogP contribution in [0.15, 0.2) is 29.4 Å².